The lowest BCUT2D eigenvalue weighted by molar-refractivity contribution is -0.137. The Bertz CT molecular complexity index is 741. The van der Waals surface area contributed by atoms with Gasteiger partial charge in [0.1, 0.15) is 5.82 Å². The molecule has 2 aliphatic heterocycles. The summed E-state index contributed by atoms with van der Waals surface area (Å²) in [7, 11) is 0. The first-order valence-corrected chi connectivity index (χ1v) is 9.30. The van der Waals surface area contributed by atoms with Gasteiger partial charge in [0.25, 0.3) is 0 Å². The van der Waals surface area contributed by atoms with Gasteiger partial charge in [-0.25, -0.2) is 4.98 Å². The monoisotopic (exact) mass is 356 g/mol. The van der Waals surface area contributed by atoms with Crippen LogP contribution in [0.1, 0.15) is 43.3 Å². The van der Waals surface area contributed by atoms with Crippen molar-refractivity contribution in [1.29, 1.82) is 0 Å². The van der Waals surface area contributed by atoms with Crippen LogP contribution in [0, 0.1) is 12.8 Å². The molecule has 8 heteroatoms. The van der Waals surface area contributed by atoms with Gasteiger partial charge < -0.3 is 14.3 Å². The van der Waals surface area contributed by atoms with Crippen LogP contribution < -0.4 is 4.90 Å². The number of hydrogen-bond donors (Lipinski definition) is 0. The third kappa shape index (κ3) is 3.54. The van der Waals surface area contributed by atoms with Crippen LogP contribution >= 0.6 is 0 Å². The largest absolute Gasteiger partial charge is 0.355 e. The van der Waals surface area contributed by atoms with Gasteiger partial charge in [0.2, 0.25) is 11.8 Å². The van der Waals surface area contributed by atoms with E-state index in [9.17, 15) is 4.79 Å². The highest BCUT2D eigenvalue weighted by atomic mass is 16.5. The van der Waals surface area contributed by atoms with Crippen molar-refractivity contribution in [3.63, 3.8) is 0 Å². The lowest BCUT2D eigenvalue weighted by Gasteiger charge is -2.37. The van der Waals surface area contributed by atoms with E-state index >= 15 is 0 Å². The predicted molar refractivity (Wildman–Crippen MR) is 94.6 cm³/mol. The fourth-order valence-corrected chi connectivity index (χ4v) is 3.93. The molecular weight excluding hydrogens is 332 g/mol. The van der Waals surface area contributed by atoms with E-state index in [1.807, 2.05) is 11.8 Å². The third-order valence-corrected chi connectivity index (χ3v) is 5.34. The molecule has 4 rings (SSSR count). The van der Waals surface area contributed by atoms with Crippen molar-refractivity contribution in [3.05, 3.63) is 30.3 Å². The maximum atomic E-state index is 13.0. The fourth-order valence-electron chi connectivity index (χ4n) is 3.93. The molecule has 1 unspecified atom stereocenters. The molecule has 4 heterocycles. The molecule has 0 bridgehead atoms. The van der Waals surface area contributed by atoms with Crippen LogP contribution in [0.25, 0.3) is 0 Å². The normalized spacial score (nSPS) is 21.8. The van der Waals surface area contributed by atoms with E-state index < -0.39 is 0 Å². The van der Waals surface area contributed by atoms with Gasteiger partial charge >= 0.3 is 0 Å². The van der Waals surface area contributed by atoms with Crippen LogP contribution in [0.2, 0.25) is 0 Å². The van der Waals surface area contributed by atoms with Gasteiger partial charge in [0.05, 0.1) is 12.1 Å². The van der Waals surface area contributed by atoms with Crippen molar-refractivity contribution < 1.29 is 9.32 Å². The highest BCUT2D eigenvalue weighted by Gasteiger charge is 2.33. The van der Waals surface area contributed by atoms with Crippen LogP contribution in [0.15, 0.2) is 23.1 Å². The van der Waals surface area contributed by atoms with Gasteiger partial charge in [-0.1, -0.05) is 5.16 Å². The van der Waals surface area contributed by atoms with Gasteiger partial charge in [0.15, 0.2) is 5.82 Å². The van der Waals surface area contributed by atoms with Crippen molar-refractivity contribution in [2.24, 2.45) is 5.92 Å². The lowest BCUT2D eigenvalue weighted by atomic mass is 9.92. The summed E-state index contributed by atoms with van der Waals surface area (Å²) in [5, 5.41) is 3.87. The Morgan fingerprint density at radius 2 is 2.04 bits per heavy atom. The number of aromatic nitrogens is 4. The van der Waals surface area contributed by atoms with E-state index in [0.717, 1.165) is 57.7 Å². The molecule has 1 amide bonds. The number of piperidine rings is 2. The highest BCUT2D eigenvalue weighted by molar-refractivity contribution is 5.79. The number of rotatable bonds is 3. The standard InChI is InChI=1S/C18H24N6O2/c1-13-21-17(26-22-13)14-4-9-23(10-5-14)18(25)15-3-2-8-24(12-15)16-11-19-6-7-20-16/h6-7,11,14-15H,2-5,8-10,12H2,1H3. The highest BCUT2D eigenvalue weighted by Crippen LogP contribution is 2.29. The van der Waals surface area contributed by atoms with E-state index in [0.29, 0.717) is 11.7 Å². The Hall–Kier alpha value is -2.51. The number of likely N-dealkylation sites (tertiary alicyclic amines) is 1. The fraction of sp³-hybridized carbons (Fsp3) is 0.611. The van der Waals surface area contributed by atoms with Gasteiger partial charge in [-0.2, -0.15) is 4.98 Å². The zero-order valence-electron chi connectivity index (χ0n) is 15.0. The summed E-state index contributed by atoms with van der Waals surface area (Å²) < 4.78 is 5.29. The molecule has 0 spiro atoms. The Morgan fingerprint density at radius 1 is 1.19 bits per heavy atom. The van der Waals surface area contributed by atoms with Crippen molar-refractivity contribution in [2.45, 2.75) is 38.5 Å². The van der Waals surface area contributed by atoms with Crippen molar-refractivity contribution >= 4 is 11.7 Å². The number of amides is 1. The van der Waals surface area contributed by atoms with Crippen LogP contribution in [-0.4, -0.2) is 57.1 Å². The van der Waals surface area contributed by atoms with Crippen LogP contribution in [0.5, 0.6) is 0 Å². The second-order valence-electron chi connectivity index (χ2n) is 7.13. The van der Waals surface area contributed by atoms with Crippen LogP contribution in [0.3, 0.4) is 0 Å². The summed E-state index contributed by atoms with van der Waals surface area (Å²) >= 11 is 0. The molecule has 8 nitrogen and oxygen atoms in total. The maximum absolute atomic E-state index is 13.0. The molecule has 0 N–H and O–H groups in total. The summed E-state index contributed by atoms with van der Waals surface area (Å²) in [6, 6.07) is 0. The summed E-state index contributed by atoms with van der Waals surface area (Å²) in [6.07, 6.45) is 8.85. The smallest absolute Gasteiger partial charge is 0.229 e. The Labute approximate surface area is 152 Å². The number of anilines is 1. The molecule has 2 aromatic heterocycles. The second-order valence-corrected chi connectivity index (χ2v) is 7.13. The molecule has 2 aliphatic rings. The summed E-state index contributed by atoms with van der Waals surface area (Å²) in [4.78, 5) is 30.0. The minimum atomic E-state index is 0.0351. The molecule has 2 fully saturated rings. The molecular formula is C18H24N6O2. The predicted octanol–water partition coefficient (Wildman–Crippen LogP) is 1.79. The third-order valence-electron chi connectivity index (χ3n) is 5.34. The first kappa shape index (κ1) is 16.9. The second kappa shape index (κ2) is 7.39. The van der Waals surface area contributed by atoms with Crippen molar-refractivity contribution in [2.75, 3.05) is 31.1 Å². The van der Waals surface area contributed by atoms with Crippen LogP contribution in [-0.2, 0) is 4.79 Å². The van der Waals surface area contributed by atoms with Gasteiger partial charge in [-0.05, 0) is 32.6 Å². The molecule has 2 aromatic rings. The minimum absolute atomic E-state index is 0.0351. The number of carbonyl (C=O) groups is 1. The molecule has 138 valence electrons. The number of aryl methyl sites for hydroxylation is 1. The SMILES string of the molecule is Cc1noc(C2CCN(C(=O)C3CCCN(c4cnccn4)C3)CC2)n1. The molecule has 26 heavy (non-hydrogen) atoms. The molecule has 0 aromatic carbocycles. The topological polar surface area (TPSA) is 88.3 Å². The Balaban J connectivity index is 1.34. The summed E-state index contributed by atoms with van der Waals surface area (Å²) in [5.74, 6) is 2.80. The minimum Gasteiger partial charge on any atom is -0.355 e. The average molecular weight is 356 g/mol. The van der Waals surface area contributed by atoms with E-state index in [1.54, 1.807) is 18.6 Å². The van der Waals surface area contributed by atoms with Crippen molar-refractivity contribution in [1.82, 2.24) is 25.0 Å². The summed E-state index contributed by atoms with van der Waals surface area (Å²) in [6.45, 7) is 5.00. The van der Waals surface area contributed by atoms with Crippen LogP contribution in [0.4, 0.5) is 5.82 Å². The number of carbonyl (C=O) groups excluding carboxylic acids is 1. The maximum Gasteiger partial charge on any atom is 0.229 e. The lowest BCUT2D eigenvalue weighted by Crippen LogP contribution is -2.47. The number of hydrogen-bond acceptors (Lipinski definition) is 7. The van der Waals surface area contributed by atoms with E-state index in [4.69, 9.17) is 4.52 Å². The summed E-state index contributed by atoms with van der Waals surface area (Å²) in [5.41, 5.74) is 0. The first-order valence-electron chi connectivity index (χ1n) is 9.30. The molecule has 0 saturated carbocycles. The van der Waals surface area contributed by atoms with Gasteiger partial charge in [-0.3, -0.25) is 9.78 Å². The van der Waals surface area contributed by atoms with Gasteiger partial charge in [-0.15, -0.1) is 0 Å². The molecule has 1 atom stereocenters. The molecule has 2 saturated heterocycles. The quantitative estimate of drug-likeness (QED) is 0.828. The van der Waals surface area contributed by atoms with E-state index in [1.165, 1.54) is 0 Å². The van der Waals surface area contributed by atoms with E-state index in [-0.39, 0.29) is 17.7 Å². The average Bonchev–Trinajstić information content (AvgIpc) is 3.15. The zero-order valence-corrected chi connectivity index (χ0v) is 15.0. The zero-order chi connectivity index (χ0) is 17.9. The Morgan fingerprint density at radius 3 is 2.73 bits per heavy atom. The Kier molecular flexibility index (Phi) is 4.81. The number of nitrogens with zero attached hydrogens (tertiary/aromatic N) is 6. The van der Waals surface area contributed by atoms with E-state index in [2.05, 4.69) is 25.0 Å². The molecule has 0 aliphatic carbocycles. The van der Waals surface area contributed by atoms with Crippen molar-refractivity contribution in [3.8, 4) is 0 Å². The van der Waals surface area contributed by atoms with Gasteiger partial charge in [0, 0.05) is 44.5 Å². The first-order chi connectivity index (χ1) is 12.7. The molecule has 0 radical (unpaired) electrons.